The maximum absolute atomic E-state index is 11.9. The van der Waals surface area contributed by atoms with Gasteiger partial charge in [-0.1, -0.05) is 24.3 Å². The number of carbonyl (C=O) groups excluding carboxylic acids is 2. The molecule has 1 aliphatic heterocycles. The van der Waals surface area contributed by atoms with Gasteiger partial charge in [-0.15, -0.1) is 0 Å². The van der Waals surface area contributed by atoms with Gasteiger partial charge in [0.1, 0.15) is 26.4 Å². The van der Waals surface area contributed by atoms with Crippen molar-refractivity contribution in [1.82, 2.24) is 0 Å². The average molecular weight is 262 g/mol. The topological polar surface area (TPSA) is 61.8 Å². The molecule has 0 fully saturated rings. The SMILES string of the molecule is [2H]C1=C(C(=O)OC)c2ccccc2C(C(=O)OC)=C([2H])O1. The molecule has 0 aromatic heterocycles. The van der Waals surface area contributed by atoms with Gasteiger partial charge in [-0.2, -0.15) is 0 Å². The third-order valence-corrected chi connectivity index (χ3v) is 2.55. The molecule has 0 unspecified atom stereocenters. The number of methoxy groups -OCH3 is 2. The van der Waals surface area contributed by atoms with Gasteiger partial charge in [-0.25, -0.2) is 9.59 Å². The number of ether oxygens (including phenoxy) is 3. The molecule has 1 aliphatic rings. The third-order valence-electron chi connectivity index (χ3n) is 2.55. The molecule has 0 amide bonds. The van der Waals surface area contributed by atoms with E-state index in [0.717, 1.165) is 0 Å². The fraction of sp³-hybridized carbons (Fsp3) is 0.143. The molecule has 5 nitrogen and oxygen atoms in total. The molecule has 1 heterocycles. The zero-order valence-corrected chi connectivity index (χ0v) is 10.4. The van der Waals surface area contributed by atoms with Crippen molar-refractivity contribution < 1.29 is 26.5 Å². The van der Waals surface area contributed by atoms with Crippen molar-refractivity contribution in [2.45, 2.75) is 0 Å². The average Bonchev–Trinajstić information content (AvgIpc) is 2.58. The van der Waals surface area contributed by atoms with Crippen LogP contribution in [0, 0.1) is 0 Å². The lowest BCUT2D eigenvalue weighted by Crippen LogP contribution is -2.08. The van der Waals surface area contributed by atoms with Crippen LogP contribution in [0.25, 0.3) is 11.1 Å². The van der Waals surface area contributed by atoms with E-state index in [1.54, 1.807) is 24.3 Å². The molecule has 98 valence electrons. The Morgan fingerprint density at radius 3 is 1.79 bits per heavy atom. The van der Waals surface area contributed by atoms with Crippen LogP contribution < -0.4 is 0 Å². The molecule has 2 rings (SSSR count). The van der Waals surface area contributed by atoms with E-state index in [1.807, 2.05) is 0 Å². The monoisotopic (exact) mass is 262 g/mol. The van der Waals surface area contributed by atoms with Gasteiger partial charge in [0, 0.05) is 11.1 Å². The van der Waals surface area contributed by atoms with Crippen molar-refractivity contribution >= 4 is 23.1 Å². The minimum absolute atomic E-state index is 0.156. The molecular formula is C14H12O5. The molecule has 5 heteroatoms. The van der Waals surface area contributed by atoms with Gasteiger partial charge in [0.15, 0.2) is 0 Å². The molecule has 0 N–H and O–H groups in total. The van der Waals surface area contributed by atoms with Crippen molar-refractivity contribution in [2.24, 2.45) is 0 Å². The first-order valence-corrected chi connectivity index (χ1v) is 5.37. The van der Waals surface area contributed by atoms with E-state index in [1.165, 1.54) is 14.2 Å². The minimum Gasteiger partial charge on any atom is -0.471 e. The van der Waals surface area contributed by atoms with E-state index in [-0.39, 0.29) is 22.3 Å². The van der Waals surface area contributed by atoms with Crippen LogP contribution in [0.4, 0.5) is 0 Å². The number of hydrogen-bond donors (Lipinski definition) is 0. The van der Waals surface area contributed by atoms with E-state index < -0.39 is 24.4 Å². The van der Waals surface area contributed by atoms with Gasteiger partial charge in [0.05, 0.1) is 14.2 Å². The number of rotatable bonds is 2. The summed E-state index contributed by atoms with van der Waals surface area (Å²) in [6.45, 7) is 0. The van der Waals surface area contributed by atoms with Gasteiger partial charge in [0.25, 0.3) is 0 Å². The van der Waals surface area contributed by atoms with Crippen LogP contribution in [-0.2, 0) is 23.8 Å². The summed E-state index contributed by atoms with van der Waals surface area (Å²) in [4.78, 5) is 23.7. The molecule has 0 radical (unpaired) electrons. The van der Waals surface area contributed by atoms with Crippen molar-refractivity contribution in [2.75, 3.05) is 14.2 Å². The summed E-state index contributed by atoms with van der Waals surface area (Å²) < 4.78 is 29.8. The Kier molecular flexibility index (Phi) is 2.94. The first-order valence-electron chi connectivity index (χ1n) is 6.37. The Hall–Kier alpha value is -2.56. The normalized spacial score (nSPS) is 15.7. The molecule has 0 saturated heterocycles. The van der Waals surface area contributed by atoms with Crippen molar-refractivity contribution in [3.8, 4) is 0 Å². The van der Waals surface area contributed by atoms with Crippen LogP contribution in [0.5, 0.6) is 0 Å². The standard InChI is InChI=1S/C14H12O5/c1-17-13(15)11-7-19-8-12(14(16)18-2)10-6-4-3-5-9(10)11/h3-8H,1-2H3/i7D,8D. The van der Waals surface area contributed by atoms with Gasteiger partial charge in [-0.3, -0.25) is 0 Å². The molecular weight excluding hydrogens is 248 g/mol. The summed E-state index contributed by atoms with van der Waals surface area (Å²) in [5.74, 6) is -1.57. The molecule has 0 saturated carbocycles. The predicted molar refractivity (Wildman–Crippen MR) is 67.5 cm³/mol. The Balaban J connectivity index is 2.76. The molecule has 1 aromatic rings. The number of carbonyl (C=O) groups is 2. The fourth-order valence-corrected chi connectivity index (χ4v) is 1.66. The van der Waals surface area contributed by atoms with E-state index in [9.17, 15) is 9.59 Å². The lowest BCUT2D eigenvalue weighted by atomic mass is 9.96. The molecule has 0 spiro atoms. The Morgan fingerprint density at radius 2 is 1.42 bits per heavy atom. The number of fused-ring (bicyclic) bond motifs is 1. The molecule has 1 aromatic carbocycles. The largest absolute Gasteiger partial charge is 0.471 e. The van der Waals surface area contributed by atoms with Gasteiger partial charge in [-0.05, 0) is 0 Å². The summed E-state index contributed by atoms with van der Waals surface area (Å²) in [7, 11) is 2.35. The van der Waals surface area contributed by atoms with Crippen molar-refractivity contribution in [1.29, 1.82) is 0 Å². The zero-order chi connectivity index (χ0) is 15.6. The van der Waals surface area contributed by atoms with Crippen molar-refractivity contribution in [3.05, 3.63) is 47.9 Å². The molecule has 0 bridgehead atoms. The second-order valence-corrected chi connectivity index (χ2v) is 3.58. The maximum Gasteiger partial charge on any atom is 0.341 e. The maximum atomic E-state index is 11.9. The predicted octanol–water partition coefficient (Wildman–Crippen LogP) is 1.74. The Morgan fingerprint density at radius 1 is 1.00 bits per heavy atom. The van der Waals surface area contributed by atoms with E-state index >= 15 is 0 Å². The minimum atomic E-state index is -0.786. The number of benzene rings is 1. The van der Waals surface area contributed by atoms with Crippen molar-refractivity contribution in [3.63, 3.8) is 0 Å². The highest BCUT2D eigenvalue weighted by molar-refractivity contribution is 6.22. The highest BCUT2D eigenvalue weighted by Crippen LogP contribution is 2.29. The van der Waals surface area contributed by atoms with Gasteiger partial charge >= 0.3 is 11.9 Å². The first kappa shape index (κ1) is 10.4. The second kappa shape index (κ2) is 5.39. The molecule has 0 atom stereocenters. The van der Waals surface area contributed by atoms with Gasteiger partial charge < -0.3 is 14.2 Å². The summed E-state index contributed by atoms with van der Waals surface area (Å²) in [6, 6.07) is 6.36. The second-order valence-electron chi connectivity index (χ2n) is 3.58. The van der Waals surface area contributed by atoms with Gasteiger partial charge in [0.2, 0.25) is 0 Å². The van der Waals surface area contributed by atoms with Crippen LogP contribution >= 0.6 is 0 Å². The number of esters is 2. The molecule has 19 heavy (non-hydrogen) atoms. The quantitative estimate of drug-likeness (QED) is 0.760. The Bertz CT molecular complexity index is 619. The highest BCUT2D eigenvalue weighted by Gasteiger charge is 2.24. The summed E-state index contributed by atoms with van der Waals surface area (Å²) in [6.07, 6.45) is -1.11. The first-order chi connectivity index (χ1) is 10.0. The lowest BCUT2D eigenvalue weighted by molar-refractivity contribution is -0.134. The summed E-state index contributed by atoms with van der Waals surface area (Å²) in [5.41, 5.74) is 0.238. The number of hydrogen-bond acceptors (Lipinski definition) is 5. The molecule has 0 aliphatic carbocycles. The smallest absolute Gasteiger partial charge is 0.341 e. The van der Waals surface area contributed by atoms with Crippen LogP contribution in [0.15, 0.2) is 36.7 Å². The summed E-state index contributed by atoms with van der Waals surface area (Å²) in [5, 5.41) is 0. The van der Waals surface area contributed by atoms with E-state index in [4.69, 9.17) is 7.48 Å². The summed E-state index contributed by atoms with van der Waals surface area (Å²) >= 11 is 0. The Labute approximate surface area is 112 Å². The lowest BCUT2D eigenvalue weighted by Gasteiger charge is -2.09. The van der Waals surface area contributed by atoms with Crippen LogP contribution in [-0.4, -0.2) is 26.2 Å². The third kappa shape index (κ3) is 2.35. The fourth-order valence-electron chi connectivity index (χ4n) is 1.66. The van der Waals surface area contributed by atoms with Crippen LogP contribution in [0.3, 0.4) is 0 Å². The van der Waals surface area contributed by atoms with E-state index in [0.29, 0.717) is 0 Å². The van der Waals surface area contributed by atoms with E-state index in [2.05, 4.69) is 9.47 Å². The van der Waals surface area contributed by atoms with Crippen LogP contribution in [0.1, 0.15) is 13.9 Å². The highest BCUT2D eigenvalue weighted by atomic mass is 16.5. The zero-order valence-electron chi connectivity index (χ0n) is 12.4. The van der Waals surface area contributed by atoms with Crippen LogP contribution in [0.2, 0.25) is 0 Å².